The molecule has 0 saturated heterocycles. The van der Waals surface area contributed by atoms with Crippen LogP contribution in [0.1, 0.15) is 80.9 Å². The number of rotatable bonds is 10. The second kappa shape index (κ2) is 38.1. The maximum Gasteiger partial charge on any atom is -0.0134 e. The third-order valence-electron chi connectivity index (χ3n) is 19.8. The first-order chi connectivity index (χ1) is 51.2. The van der Waals surface area contributed by atoms with Gasteiger partial charge in [0.1, 0.15) is 33.8 Å². The molecule has 10 aromatic carbocycles. The van der Waals surface area contributed by atoms with Crippen LogP contribution in [0.2, 0.25) is 0 Å². The van der Waals surface area contributed by atoms with Crippen molar-refractivity contribution in [3.8, 4) is 28.7 Å². The molecule has 4 heterocycles. The third-order valence-corrected chi connectivity index (χ3v) is 26.8. The minimum atomic E-state index is -1.50. The van der Waals surface area contributed by atoms with Crippen LogP contribution >= 0.6 is 74.4 Å². The Balaban J connectivity index is 0.000000134. The maximum absolute atomic E-state index is 8.69. The number of hydrogen-bond acceptors (Lipinski definition) is 13. The summed E-state index contributed by atoms with van der Waals surface area (Å²) in [5, 5.41) is 35.5. The monoisotopic (exact) mass is 1660 g/mol. The Morgan fingerprint density at radius 2 is 0.895 bits per heavy atom. The van der Waals surface area contributed by atoms with Crippen molar-refractivity contribution in [1.82, 2.24) is 0 Å². The number of halogens is 3. The van der Waals surface area contributed by atoms with E-state index in [-0.39, 0.29) is 38.8 Å². The van der Waals surface area contributed by atoms with Gasteiger partial charge in [-0.3, -0.25) is 0 Å². The summed E-state index contributed by atoms with van der Waals surface area (Å²) in [5.41, 5.74) is 16.8. The van der Waals surface area contributed by atoms with E-state index >= 15 is 0 Å². The van der Waals surface area contributed by atoms with Crippen LogP contribution in [-0.4, -0.2) is 76.6 Å². The molecule has 0 radical (unpaired) electrons. The number of aliphatic imine (C=N–C) groups is 2. The molecule has 2 atom stereocenters. The molecule has 2 unspecified atom stereocenters. The predicted octanol–water partition coefficient (Wildman–Crippen LogP) is 16.6. The van der Waals surface area contributed by atoms with E-state index in [0.717, 1.165) is 108 Å². The summed E-state index contributed by atoms with van der Waals surface area (Å²) in [4.78, 5) is 13.7. The third kappa shape index (κ3) is 18.9. The van der Waals surface area contributed by atoms with E-state index in [1.807, 2.05) is 36.4 Å². The number of benzene rings is 10. The Morgan fingerprint density at radius 3 is 1.26 bits per heavy atom. The molecule has 4 spiro atoms. The van der Waals surface area contributed by atoms with Crippen LogP contribution in [0.5, 0.6) is 11.5 Å². The van der Waals surface area contributed by atoms with Crippen LogP contribution in [0.3, 0.4) is 0 Å². The fraction of sp³-hybridized carbons (Fsp3) is 0.238. The molecular formula is C84H82BBrCl2N6O6P2PdS2. The Bertz CT molecular complexity index is 4310. The van der Waals surface area contributed by atoms with Crippen LogP contribution in [0, 0.1) is 17.9 Å². The fourth-order valence-electron chi connectivity index (χ4n) is 14.8. The largest absolute Gasteiger partial charge is 0.0622 e. The molecule has 0 amide bonds. The van der Waals surface area contributed by atoms with Crippen LogP contribution in [0.15, 0.2) is 281 Å². The van der Waals surface area contributed by atoms with Crippen molar-refractivity contribution in [3.63, 3.8) is 0 Å². The maximum atomic E-state index is 8.69. The Kier molecular flexibility index (Phi) is 28.7. The average Bonchev–Trinajstić information content (AvgIpc) is 1.78. The predicted molar refractivity (Wildman–Crippen MR) is 441 cm³/mol. The number of nitriles is 1. The Labute approximate surface area is 653 Å². The summed E-state index contributed by atoms with van der Waals surface area (Å²) >= 11 is 6.77. The van der Waals surface area contributed by atoms with E-state index in [0.29, 0.717) is 33.2 Å². The first-order valence-electron chi connectivity index (χ1n) is 34.6. The van der Waals surface area contributed by atoms with Crippen molar-refractivity contribution >= 4 is 135 Å². The average molecular weight is 1670 g/mol. The van der Waals surface area contributed by atoms with Gasteiger partial charge < -0.3 is 40.5 Å². The molecule has 6 N–H and O–H groups in total. The van der Waals surface area contributed by atoms with Crippen molar-refractivity contribution < 1.29 is 44.9 Å². The minimum Gasteiger partial charge on any atom is -0.0622 e. The van der Waals surface area contributed by atoms with E-state index in [4.69, 9.17) is 81.3 Å². The van der Waals surface area contributed by atoms with Gasteiger partial charge in [0.2, 0.25) is 0 Å². The van der Waals surface area contributed by atoms with E-state index in [1.54, 1.807) is 55.9 Å². The van der Waals surface area contributed by atoms with Gasteiger partial charge >= 0.3 is 42.1 Å². The van der Waals surface area contributed by atoms with Crippen LogP contribution < -0.4 is 58.2 Å². The zero-order valence-electron chi connectivity index (χ0n) is 58.3. The fourth-order valence-corrected chi connectivity index (χ4v) is 21.4. The van der Waals surface area contributed by atoms with Gasteiger partial charge in [0.15, 0.2) is 16.0 Å². The number of nitrogens with two attached hydrogens (primary N) is 2. The number of thioether (sulfide) groups is 2. The first-order valence-corrected chi connectivity index (χ1v) is 44.1. The van der Waals surface area contributed by atoms with Crippen LogP contribution in [0.25, 0.3) is 16.0 Å². The first kappa shape index (κ1) is 79.0. The van der Waals surface area contributed by atoms with Gasteiger partial charge in [-0.05, 0) is 177 Å². The van der Waals surface area contributed by atoms with Gasteiger partial charge in [-0.2, -0.15) is 5.26 Å². The smallest absolute Gasteiger partial charge is 0.0134 e. The zero-order valence-corrected chi connectivity index (χ0v) is 66.3. The van der Waals surface area contributed by atoms with Gasteiger partial charge in [-0.25, -0.2) is 14.8 Å². The molecule has 12 nitrogen and oxygen atoms in total. The number of amidine groups is 2. The number of fused-ring (bicyclic) bond motifs is 6. The molecule has 10 aromatic rings. The molecule has 16 rings (SSSR count). The van der Waals surface area contributed by atoms with Gasteiger partial charge in [-0.15, -0.1) is 0 Å². The molecule has 2 fully saturated rings. The molecule has 21 heteroatoms. The van der Waals surface area contributed by atoms with Crippen LogP contribution in [0.4, 0.5) is 5.69 Å². The number of hydrogen-bond donors (Lipinski definition) is 4. The summed E-state index contributed by atoms with van der Waals surface area (Å²) < 4.78 is 25.6. The second-order valence-electron chi connectivity index (χ2n) is 25.7. The molecule has 4 aliphatic heterocycles. The number of methoxy groups -OCH3 is 2. The van der Waals surface area contributed by atoms with E-state index < -0.39 is 28.5 Å². The van der Waals surface area contributed by atoms with Crippen molar-refractivity contribution in [2.75, 3.05) is 25.7 Å². The Hall–Kier alpha value is -7.09. The topological polar surface area (TPSA) is 182 Å². The molecule has 0 bridgehead atoms. The van der Waals surface area contributed by atoms with Crippen molar-refractivity contribution in [2.24, 2.45) is 21.5 Å². The van der Waals surface area contributed by atoms with E-state index in [2.05, 4.69) is 233 Å². The molecule has 2 aliphatic carbocycles. The summed E-state index contributed by atoms with van der Waals surface area (Å²) in [7, 11) is 10.8. The summed E-state index contributed by atoms with van der Waals surface area (Å²) in [5.74, 6) is 3.80. The Morgan fingerprint density at radius 1 is 0.524 bits per heavy atom. The molecule has 0 aromatic heterocycles. The quantitative estimate of drug-likeness (QED) is 0.0581. The number of ether oxygens (including phenoxy) is 4. The van der Waals surface area contributed by atoms with Gasteiger partial charge in [-0.1, -0.05) is 258 Å². The SMILES string of the molecule is COC1CCC2(CC1)Oc1ccc(Br)cc1C21CCSC(N)=N1.N#Cc1cccc(B(O)O)c1.[C-]#[N+]c1cccc(-c2ccc3c(c2)C2(CCSC(N)=N2)C2(CCC(OC)CC2)O3)c1.[Cl][Pd][Cl].c1ccc(P(c2ccccc2)c2ccccc2)cc1.c1ccc(P(c2ccccc2)c2ccccc2)cc1. The number of nitrogens with zero attached hydrogens (tertiary/aromatic N) is 4. The summed E-state index contributed by atoms with van der Waals surface area (Å²) in [6.45, 7) is 7.33. The van der Waals surface area contributed by atoms with E-state index in [1.165, 1.54) is 43.5 Å². The van der Waals surface area contributed by atoms with Crippen LogP contribution in [-0.2, 0) is 36.5 Å². The molecule has 540 valence electrons. The standard InChI is InChI=1S/C24H25N3O2S.2C18H15P.C17H21BrN2O2S.C7H6BNO2.2ClH.Pd/c1-26-18-5-3-4-16(14-18)17-6-7-21-20(15-17)24(12-13-30-22(25)27-24)23(29-21)10-8-19(28-2)9-11-23;2*1-4-10-16(11-5-1)19(17-12-6-2-7-13-17)18-14-8-3-9-15-18;1-21-12-4-6-16(7-5-12)17(8-9-23-15(19)20-17)13-10-11(18)2-3-14(13)22-16;9-5-6-2-1-3-7(4-6)8(10)11;;;/h3-7,14-15,19H,8-13H2,2H3,(H2,25,27);2*1-15H;2-3,10,12H,4-9H2,1H3,(H2,19,20);1-4,10-11H;2*1H;/q;;;;;;;+2/p-2. The van der Waals surface area contributed by atoms with Crippen molar-refractivity contribution in [2.45, 2.75) is 98.7 Å². The minimum absolute atomic E-state index is 0.106. The second-order valence-corrected chi connectivity index (χ2v) is 35.7. The van der Waals surface area contributed by atoms with Crippen molar-refractivity contribution in [1.29, 1.82) is 5.26 Å². The van der Waals surface area contributed by atoms with Gasteiger partial charge in [0.05, 0.1) is 30.4 Å². The van der Waals surface area contributed by atoms with Crippen molar-refractivity contribution in [3.05, 3.63) is 300 Å². The zero-order chi connectivity index (χ0) is 73.7. The summed E-state index contributed by atoms with van der Waals surface area (Å²) in [6.07, 6.45) is 10.2. The molecular weight excluding hydrogens is 1580 g/mol. The van der Waals surface area contributed by atoms with Gasteiger partial charge in [0, 0.05) is 41.3 Å². The van der Waals surface area contributed by atoms with E-state index in [9.17, 15) is 0 Å². The summed E-state index contributed by atoms with van der Waals surface area (Å²) in [6, 6.07) is 93.1. The normalized spacial score (nSPS) is 21.4. The molecule has 6 aliphatic rings. The van der Waals surface area contributed by atoms with Gasteiger partial charge in [0.25, 0.3) is 0 Å². The molecule has 2 saturated carbocycles. The molecule has 105 heavy (non-hydrogen) atoms.